The first kappa shape index (κ1) is 18.1. The van der Waals surface area contributed by atoms with E-state index in [1.54, 1.807) is 25.6 Å². The Morgan fingerprint density at radius 1 is 1.38 bits per heavy atom. The Hall–Kier alpha value is -2.67. The highest BCUT2D eigenvalue weighted by Crippen LogP contribution is 2.38. The number of aromatic nitrogens is 2. The van der Waals surface area contributed by atoms with Gasteiger partial charge in [0.25, 0.3) is 5.91 Å². The number of pyridine rings is 2. The molecule has 1 atom stereocenters. The molecule has 1 amide bonds. The van der Waals surface area contributed by atoms with Gasteiger partial charge in [0.15, 0.2) is 0 Å². The third-order valence-electron chi connectivity index (χ3n) is 4.78. The van der Waals surface area contributed by atoms with Crippen molar-refractivity contribution >= 4 is 5.91 Å². The van der Waals surface area contributed by atoms with Crippen LogP contribution < -0.4 is 15.6 Å². The highest BCUT2D eigenvalue weighted by Gasteiger charge is 2.36. The van der Waals surface area contributed by atoms with E-state index >= 15 is 0 Å². The first-order chi connectivity index (χ1) is 12.5. The zero-order chi connectivity index (χ0) is 18.7. The normalized spacial score (nSPS) is 20.1. The van der Waals surface area contributed by atoms with Crippen LogP contribution in [0, 0.1) is 5.92 Å². The van der Waals surface area contributed by atoms with E-state index in [0.29, 0.717) is 36.3 Å². The summed E-state index contributed by atoms with van der Waals surface area (Å²) in [5.41, 5.74) is 1.55. The number of carbonyl (C=O) groups excluding carboxylic acids is 1. The number of aryl methyl sites for hydroxylation is 1. The number of aromatic amines is 1. The number of nitrogens with zero attached hydrogens (tertiary/aromatic N) is 1. The fraction of sp³-hybridized carbons (Fsp3) is 0.421. The molecule has 7 nitrogen and oxygen atoms in total. The number of H-pyrrole nitrogens is 1. The second-order valence-corrected chi connectivity index (χ2v) is 6.61. The van der Waals surface area contributed by atoms with Crippen LogP contribution in [0.1, 0.15) is 47.4 Å². The lowest BCUT2D eigenvalue weighted by atomic mass is 9.75. The van der Waals surface area contributed by atoms with Crippen molar-refractivity contribution in [1.82, 2.24) is 15.3 Å². The Morgan fingerprint density at radius 2 is 2.15 bits per heavy atom. The fourth-order valence-corrected chi connectivity index (χ4v) is 3.24. The minimum atomic E-state index is -0.343. The van der Waals surface area contributed by atoms with Crippen LogP contribution in [-0.2, 0) is 6.42 Å². The maximum atomic E-state index is 12.8. The Kier molecular flexibility index (Phi) is 5.37. The molecule has 0 radical (unpaired) electrons. The molecule has 1 aliphatic rings. The summed E-state index contributed by atoms with van der Waals surface area (Å²) < 4.78 is 5.22. The number of carbonyl (C=O) groups is 1. The maximum absolute atomic E-state index is 12.8. The van der Waals surface area contributed by atoms with Crippen molar-refractivity contribution in [1.29, 1.82) is 0 Å². The molecule has 3 N–H and O–H groups in total. The van der Waals surface area contributed by atoms with E-state index in [-0.39, 0.29) is 29.5 Å². The van der Waals surface area contributed by atoms with Gasteiger partial charge in [-0.15, -0.1) is 0 Å². The molecule has 0 spiro atoms. The van der Waals surface area contributed by atoms with Crippen LogP contribution in [0.15, 0.2) is 35.4 Å². The smallest absolute Gasteiger partial charge is 0.252 e. The molecule has 138 valence electrons. The molecule has 3 rings (SSSR count). The van der Waals surface area contributed by atoms with Crippen LogP contribution in [0.3, 0.4) is 0 Å². The first-order valence-electron chi connectivity index (χ1n) is 8.71. The summed E-state index contributed by atoms with van der Waals surface area (Å²) in [5, 5.41) is 12.7. The Labute approximate surface area is 151 Å². The van der Waals surface area contributed by atoms with Gasteiger partial charge < -0.3 is 20.1 Å². The van der Waals surface area contributed by atoms with E-state index in [4.69, 9.17) is 4.74 Å². The van der Waals surface area contributed by atoms with Crippen molar-refractivity contribution in [3.8, 4) is 5.75 Å². The monoisotopic (exact) mass is 357 g/mol. The van der Waals surface area contributed by atoms with E-state index in [9.17, 15) is 14.7 Å². The van der Waals surface area contributed by atoms with Gasteiger partial charge in [0.2, 0.25) is 5.56 Å². The van der Waals surface area contributed by atoms with Crippen LogP contribution in [0.25, 0.3) is 0 Å². The van der Waals surface area contributed by atoms with Crippen LogP contribution in [0.5, 0.6) is 5.75 Å². The highest BCUT2D eigenvalue weighted by atomic mass is 16.5. The number of aliphatic hydroxyl groups excluding tert-OH is 1. The van der Waals surface area contributed by atoms with E-state index < -0.39 is 0 Å². The quantitative estimate of drug-likeness (QED) is 0.728. The first-order valence-corrected chi connectivity index (χ1v) is 8.71. The number of methoxy groups -OCH3 is 1. The fourth-order valence-electron chi connectivity index (χ4n) is 3.24. The molecule has 0 saturated heterocycles. The number of nitrogens with one attached hydrogen (secondary N) is 2. The average Bonchev–Trinajstić information content (AvgIpc) is 2.63. The average molecular weight is 357 g/mol. The minimum absolute atomic E-state index is 0.107. The molecule has 0 aromatic carbocycles. The lowest BCUT2D eigenvalue weighted by Crippen LogP contribution is -2.41. The molecule has 2 heterocycles. The molecule has 1 fully saturated rings. The largest absolute Gasteiger partial charge is 0.495 e. The predicted molar refractivity (Wildman–Crippen MR) is 96.2 cm³/mol. The number of aliphatic hydroxyl groups is 1. The van der Waals surface area contributed by atoms with Crippen molar-refractivity contribution in [3.63, 3.8) is 0 Å². The summed E-state index contributed by atoms with van der Waals surface area (Å²) in [6, 6.07) is 4.51. The van der Waals surface area contributed by atoms with E-state index in [1.165, 1.54) is 6.07 Å². The van der Waals surface area contributed by atoms with Crippen molar-refractivity contribution in [2.45, 2.75) is 38.3 Å². The van der Waals surface area contributed by atoms with Gasteiger partial charge >= 0.3 is 0 Å². The van der Waals surface area contributed by atoms with Gasteiger partial charge in [-0.1, -0.05) is 6.92 Å². The lowest BCUT2D eigenvalue weighted by Gasteiger charge is -2.38. The number of hydrogen-bond donors (Lipinski definition) is 3. The van der Waals surface area contributed by atoms with E-state index in [1.807, 2.05) is 13.0 Å². The highest BCUT2D eigenvalue weighted by molar-refractivity contribution is 5.94. The van der Waals surface area contributed by atoms with Crippen molar-refractivity contribution < 1.29 is 14.6 Å². The second kappa shape index (κ2) is 7.70. The molecule has 0 bridgehead atoms. The molecule has 1 saturated carbocycles. The lowest BCUT2D eigenvalue weighted by molar-refractivity contribution is 0.0234. The number of rotatable bonds is 6. The van der Waals surface area contributed by atoms with Crippen molar-refractivity contribution in [3.05, 3.63) is 57.8 Å². The molecule has 26 heavy (non-hydrogen) atoms. The van der Waals surface area contributed by atoms with E-state index in [2.05, 4.69) is 15.3 Å². The molecule has 0 aliphatic heterocycles. The molecule has 1 aliphatic carbocycles. The summed E-state index contributed by atoms with van der Waals surface area (Å²) in [7, 11) is 1.56. The number of amides is 1. The van der Waals surface area contributed by atoms with Gasteiger partial charge in [-0.05, 0) is 42.9 Å². The zero-order valence-electron chi connectivity index (χ0n) is 14.9. The summed E-state index contributed by atoms with van der Waals surface area (Å²) >= 11 is 0. The van der Waals surface area contributed by atoms with Crippen LogP contribution in [0.4, 0.5) is 0 Å². The Bertz CT molecular complexity index is 843. The van der Waals surface area contributed by atoms with Gasteiger partial charge in [0.1, 0.15) is 5.75 Å². The summed E-state index contributed by atoms with van der Waals surface area (Å²) in [6.07, 6.45) is 4.80. The molecule has 2 aromatic heterocycles. The van der Waals surface area contributed by atoms with E-state index in [0.717, 1.165) is 5.56 Å². The van der Waals surface area contributed by atoms with Gasteiger partial charge in [-0.2, -0.15) is 0 Å². The van der Waals surface area contributed by atoms with Gasteiger partial charge in [0, 0.05) is 23.5 Å². The second-order valence-electron chi connectivity index (χ2n) is 6.61. The van der Waals surface area contributed by atoms with Crippen molar-refractivity contribution in [2.24, 2.45) is 5.92 Å². The summed E-state index contributed by atoms with van der Waals surface area (Å²) in [4.78, 5) is 31.4. The van der Waals surface area contributed by atoms with Gasteiger partial charge in [-0.3, -0.25) is 14.6 Å². The molecule has 7 heteroatoms. The summed E-state index contributed by atoms with van der Waals surface area (Å²) in [5.74, 6) is 0.390. The van der Waals surface area contributed by atoms with Crippen LogP contribution >= 0.6 is 0 Å². The number of ether oxygens (including phenoxy) is 1. The van der Waals surface area contributed by atoms with Crippen molar-refractivity contribution in [2.75, 3.05) is 7.11 Å². The van der Waals surface area contributed by atoms with Crippen LogP contribution in [0.2, 0.25) is 0 Å². The minimum Gasteiger partial charge on any atom is -0.495 e. The van der Waals surface area contributed by atoms with Crippen LogP contribution in [-0.4, -0.2) is 34.2 Å². The third kappa shape index (κ3) is 3.94. The molecule has 0 unspecified atom stereocenters. The third-order valence-corrected chi connectivity index (χ3v) is 4.78. The Morgan fingerprint density at radius 3 is 2.81 bits per heavy atom. The molecular formula is C19H23N3O4. The Balaban J connectivity index is 1.87. The van der Waals surface area contributed by atoms with Gasteiger partial charge in [-0.25, -0.2) is 0 Å². The van der Waals surface area contributed by atoms with Gasteiger partial charge in [0.05, 0.1) is 25.5 Å². The topological polar surface area (TPSA) is 104 Å². The summed E-state index contributed by atoms with van der Waals surface area (Å²) in [6.45, 7) is 1.91. The SMILES string of the molecule is CCc1cc(C(=O)N[C@@H](c2cncc(OC)c2)C2CC(O)C2)cc(=O)[nH]1. The zero-order valence-corrected chi connectivity index (χ0v) is 14.9. The maximum Gasteiger partial charge on any atom is 0.252 e. The molecule has 2 aromatic rings. The number of hydrogen-bond acceptors (Lipinski definition) is 5. The molecular weight excluding hydrogens is 334 g/mol. The standard InChI is InChI=1S/C19H23N3O4/c1-3-14-4-12(8-17(24)21-14)19(25)22-18(11-5-15(23)6-11)13-7-16(26-2)10-20-9-13/h4,7-11,15,18,23H,3,5-6H2,1-2H3,(H,21,24)(H,22,25)/t11?,15?,18-/m1/s1. The predicted octanol–water partition coefficient (Wildman–Crippen LogP) is 1.58.